The van der Waals surface area contributed by atoms with Gasteiger partial charge in [0.2, 0.25) is 0 Å². The van der Waals surface area contributed by atoms with Gasteiger partial charge in [-0.25, -0.2) is 8.78 Å². The molecule has 4 nitrogen and oxygen atoms in total. The number of hydrogen-bond acceptors (Lipinski definition) is 2. The monoisotopic (exact) mass is 250 g/mol. The Balaban J connectivity index is 2.57. The van der Waals surface area contributed by atoms with Crippen molar-refractivity contribution >= 4 is 16.6 Å². The summed E-state index contributed by atoms with van der Waals surface area (Å²) in [6.45, 7) is -0.470. The first-order valence-corrected chi connectivity index (χ1v) is 5.23. The molecule has 0 unspecified atom stereocenters. The van der Waals surface area contributed by atoms with Crippen LogP contribution in [0, 0.1) is 11.6 Å². The highest BCUT2D eigenvalue weighted by Gasteiger charge is 2.12. The van der Waals surface area contributed by atoms with Crippen molar-refractivity contribution < 1.29 is 13.9 Å². The second-order valence-electron chi connectivity index (χ2n) is 3.96. The second-order valence-corrected chi connectivity index (χ2v) is 3.96. The van der Waals surface area contributed by atoms with Gasteiger partial charge in [0, 0.05) is 17.8 Å². The number of aromatic amines is 1. The Bertz CT molecular complexity index is 820. The van der Waals surface area contributed by atoms with E-state index in [0.29, 0.717) is 5.52 Å². The van der Waals surface area contributed by atoms with Gasteiger partial charge in [-0.2, -0.15) is 0 Å². The van der Waals surface area contributed by atoms with E-state index in [0.717, 1.165) is 12.3 Å². The minimum Gasteiger partial charge on any atom is -0.392 e. The van der Waals surface area contributed by atoms with Crippen molar-refractivity contribution in [3.05, 3.63) is 51.9 Å². The van der Waals surface area contributed by atoms with E-state index in [-0.39, 0.29) is 16.6 Å². The van der Waals surface area contributed by atoms with Gasteiger partial charge >= 0.3 is 0 Å². The average Bonchev–Trinajstić information content (AvgIpc) is 2.73. The van der Waals surface area contributed by atoms with Crippen LogP contribution in [0.25, 0.3) is 16.6 Å². The van der Waals surface area contributed by atoms with Crippen LogP contribution < -0.4 is 5.56 Å². The number of hydrogen-bond donors (Lipinski definition) is 2. The van der Waals surface area contributed by atoms with Gasteiger partial charge in [-0.15, -0.1) is 0 Å². The maximum absolute atomic E-state index is 13.9. The molecule has 2 N–H and O–H groups in total. The van der Waals surface area contributed by atoms with Crippen LogP contribution in [0.1, 0.15) is 5.56 Å². The Labute approximate surface area is 99.1 Å². The predicted molar refractivity (Wildman–Crippen MR) is 61.4 cm³/mol. The number of H-pyrrole nitrogens is 1. The molecular formula is C12H8F2N2O2. The van der Waals surface area contributed by atoms with Crippen molar-refractivity contribution in [2.24, 2.45) is 0 Å². The van der Waals surface area contributed by atoms with E-state index >= 15 is 0 Å². The molecule has 3 rings (SSSR count). The molecule has 0 aliphatic heterocycles. The highest BCUT2D eigenvalue weighted by atomic mass is 19.1. The number of aliphatic hydroxyl groups is 1. The van der Waals surface area contributed by atoms with E-state index in [2.05, 4.69) is 4.98 Å². The quantitative estimate of drug-likeness (QED) is 0.688. The molecule has 3 aromatic rings. The Kier molecular flexibility index (Phi) is 2.21. The summed E-state index contributed by atoms with van der Waals surface area (Å²) in [5, 5.41) is 8.97. The van der Waals surface area contributed by atoms with Crippen LogP contribution in [0.4, 0.5) is 8.78 Å². The van der Waals surface area contributed by atoms with Crippen LogP contribution in [0.3, 0.4) is 0 Å². The summed E-state index contributed by atoms with van der Waals surface area (Å²) < 4.78 is 28.4. The van der Waals surface area contributed by atoms with Crippen molar-refractivity contribution in [3.8, 4) is 0 Å². The lowest BCUT2D eigenvalue weighted by molar-refractivity contribution is 0.276. The molecule has 0 saturated heterocycles. The van der Waals surface area contributed by atoms with Crippen LogP contribution in [0.2, 0.25) is 0 Å². The van der Waals surface area contributed by atoms with Crippen LogP contribution in [0.5, 0.6) is 0 Å². The SMILES string of the molecule is O=c1[nH]c2c(F)c(CO)ccc2n2cc(F)cc12. The summed E-state index contributed by atoms with van der Waals surface area (Å²) >= 11 is 0. The minimum absolute atomic E-state index is 0.0466. The summed E-state index contributed by atoms with van der Waals surface area (Å²) in [6.07, 6.45) is 1.12. The number of aromatic nitrogens is 2. The second kappa shape index (κ2) is 3.64. The maximum Gasteiger partial charge on any atom is 0.272 e. The summed E-state index contributed by atoms with van der Waals surface area (Å²) in [7, 11) is 0. The summed E-state index contributed by atoms with van der Waals surface area (Å²) in [6, 6.07) is 4.00. The van der Waals surface area contributed by atoms with E-state index in [4.69, 9.17) is 5.11 Å². The van der Waals surface area contributed by atoms with Crippen molar-refractivity contribution in [2.45, 2.75) is 6.61 Å². The average molecular weight is 250 g/mol. The highest BCUT2D eigenvalue weighted by molar-refractivity contribution is 5.79. The van der Waals surface area contributed by atoms with E-state index in [1.54, 1.807) is 0 Å². The fourth-order valence-electron chi connectivity index (χ4n) is 2.03. The van der Waals surface area contributed by atoms with Crippen LogP contribution in [0.15, 0.2) is 29.2 Å². The molecule has 0 saturated carbocycles. The molecule has 1 aromatic carbocycles. The molecule has 0 aliphatic rings. The molecule has 2 heterocycles. The molecule has 0 atom stereocenters. The molecular weight excluding hydrogens is 242 g/mol. The molecule has 2 aromatic heterocycles. The number of aliphatic hydroxyl groups excluding tert-OH is 1. The number of rotatable bonds is 1. The van der Waals surface area contributed by atoms with Gasteiger partial charge in [0.25, 0.3) is 5.56 Å². The number of nitrogens with one attached hydrogen (secondary N) is 1. The molecule has 0 radical (unpaired) electrons. The number of halogens is 2. The Morgan fingerprint density at radius 3 is 2.78 bits per heavy atom. The van der Waals surface area contributed by atoms with Crippen LogP contribution >= 0.6 is 0 Å². The third-order valence-corrected chi connectivity index (χ3v) is 2.89. The molecule has 0 bridgehead atoms. The first-order valence-electron chi connectivity index (χ1n) is 5.23. The fraction of sp³-hybridized carbons (Fsp3) is 0.0833. The predicted octanol–water partition coefficient (Wildman–Crippen LogP) is 1.55. The fourth-order valence-corrected chi connectivity index (χ4v) is 2.03. The lowest BCUT2D eigenvalue weighted by atomic mass is 10.2. The summed E-state index contributed by atoms with van der Waals surface area (Å²) in [5.41, 5.74) is -0.112. The third-order valence-electron chi connectivity index (χ3n) is 2.89. The van der Waals surface area contributed by atoms with E-state index in [1.165, 1.54) is 16.5 Å². The van der Waals surface area contributed by atoms with Crippen molar-refractivity contribution in [1.82, 2.24) is 9.38 Å². The molecule has 6 heteroatoms. The Morgan fingerprint density at radius 2 is 2.06 bits per heavy atom. The molecule has 0 fully saturated rings. The van der Waals surface area contributed by atoms with Gasteiger partial charge in [-0.05, 0) is 6.07 Å². The minimum atomic E-state index is -0.705. The zero-order valence-electron chi connectivity index (χ0n) is 9.08. The van der Waals surface area contributed by atoms with Crippen LogP contribution in [-0.4, -0.2) is 14.5 Å². The number of fused-ring (bicyclic) bond motifs is 3. The first kappa shape index (κ1) is 10.9. The topological polar surface area (TPSA) is 57.5 Å². The zero-order chi connectivity index (χ0) is 12.9. The van der Waals surface area contributed by atoms with Gasteiger partial charge in [-0.1, -0.05) is 6.07 Å². The zero-order valence-corrected chi connectivity index (χ0v) is 9.08. The van der Waals surface area contributed by atoms with Crippen LogP contribution in [-0.2, 0) is 6.61 Å². The van der Waals surface area contributed by atoms with Gasteiger partial charge < -0.3 is 14.5 Å². The van der Waals surface area contributed by atoms with Crippen molar-refractivity contribution in [1.29, 1.82) is 0 Å². The largest absolute Gasteiger partial charge is 0.392 e. The van der Waals surface area contributed by atoms with Gasteiger partial charge in [0.05, 0.1) is 12.1 Å². The third kappa shape index (κ3) is 1.36. The van der Waals surface area contributed by atoms with Crippen molar-refractivity contribution in [2.75, 3.05) is 0 Å². The van der Waals surface area contributed by atoms with Crippen molar-refractivity contribution in [3.63, 3.8) is 0 Å². The molecule has 0 spiro atoms. The smallest absolute Gasteiger partial charge is 0.272 e. The van der Waals surface area contributed by atoms with E-state index < -0.39 is 23.8 Å². The molecule has 92 valence electrons. The standard InChI is InChI=1S/C12H8F2N2O2/c13-7-3-9-12(18)15-11-8(16(9)4-7)2-1-6(5-17)10(11)14/h1-4,17H,5H2,(H,15,18). The highest BCUT2D eigenvalue weighted by Crippen LogP contribution is 2.20. The number of benzene rings is 1. The molecule has 0 amide bonds. The summed E-state index contributed by atoms with van der Waals surface area (Å²) in [5.74, 6) is -1.28. The van der Waals surface area contributed by atoms with Gasteiger partial charge in [0.15, 0.2) is 5.82 Å². The van der Waals surface area contributed by atoms with Gasteiger partial charge in [0.1, 0.15) is 16.9 Å². The normalized spacial score (nSPS) is 11.5. The first-order chi connectivity index (χ1) is 8.61. The van der Waals surface area contributed by atoms with Gasteiger partial charge in [-0.3, -0.25) is 4.79 Å². The molecule has 0 aliphatic carbocycles. The Morgan fingerprint density at radius 1 is 1.28 bits per heavy atom. The lowest BCUT2D eigenvalue weighted by Crippen LogP contribution is -2.11. The van der Waals surface area contributed by atoms with E-state index in [9.17, 15) is 13.6 Å². The maximum atomic E-state index is 13.9. The summed E-state index contributed by atoms with van der Waals surface area (Å²) in [4.78, 5) is 14.0. The lowest BCUT2D eigenvalue weighted by Gasteiger charge is -2.06. The number of nitrogens with zero attached hydrogens (tertiary/aromatic N) is 1. The molecule has 18 heavy (non-hydrogen) atoms. The van der Waals surface area contributed by atoms with E-state index in [1.807, 2.05) is 0 Å². The Hall–Kier alpha value is -2.21.